The zero-order chi connectivity index (χ0) is 16.2. The molecule has 1 aliphatic rings. The SMILES string of the molecule is Cc1nc(SCC(=O)NC(C)c2ccc3c(c2)CCCC3)n[nH]1. The molecule has 0 spiro atoms. The molecule has 6 heteroatoms. The van der Waals surface area contributed by atoms with Crippen molar-refractivity contribution < 1.29 is 4.79 Å². The molecule has 3 rings (SSSR count). The summed E-state index contributed by atoms with van der Waals surface area (Å²) < 4.78 is 0. The molecule has 2 aromatic rings. The van der Waals surface area contributed by atoms with E-state index in [4.69, 9.17) is 0 Å². The first kappa shape index (κ1) is 16.1. The number of aromatic nitrogens is 3. The van der Waals surface area contributed by atoms with Gasteiger partial charge in [-0.1, -0.05) is 30.0 Å². The van der Waals surface area contributed by atoms with E-state index in [0.717, 1.165) is 12.2 Å². The molecule has 0 aliphatic heterocycles. The lowest BCUT2D eigenvalue weighted by Gasteiger charge is -2.20. The largest absolute Gasteiger partial charge is 0.349 e. The second kappa shape index (κ2) is 7.17. The summed E-state index contributed by atoms with van der Waals surface area (Å²) >= 11 is 1.34. The van der Waals surface area contributed by atoms with Crippen molar-refractivity contribution in [1.29, 1.82) is 0 Å². The number of thioether (sulfide) groups is 1. The summed E-state index contributed by atoms with van der Waals surface area (Å²) in [6, 6.07) is 6.63. The molecule has 1 aromatic carbocycles. The fourth-order valence-electron chi connectivity index (χ4n) is 2.91. The number of nitrogens with zero attached hydrogens (tertiary/aromatic N) is 2. The monoisotopic (exact) mass is 330 g/mol. The summed E-state index contributed by atoms with van der Waals surface area (Å²) in [5.41, 5.74) is 4.09. The Hall–Kier alpha value is -1.82. The molecule has 1 aromatic heterocycles. The topological polar surface area (TPSA) is 70.7 Å². The smallest absolute Gasteiger partial charge is 0.230 e. The van der Waals surface area contributed by atoms with Crippen LogP contribution in [0.3, 0.4) is 0 Å². The van der Waals surface area contributed by atoms with Crippen LogP contribution in [0, 0.1) is 6.92 Å². The summed E-state index contributed by atoms with van der Waals surface area (Å²) in [4.78, 5) is 16.3. The molecule has 1 atom stereocenters. The highest BCUT2D eigenvalue weighted by atomic mass is 32.2. The number of benzene rings is 1. The van der Waals surface area contributed by atoms with Crippen LogP contribution in [0.2, 0.25) is 0 Å². The zero-order valence-electron chi connectivity index (χ0n) is 13.6. The Morgan fingerprint density at radius 2 is 2.13 bits per heavy atom. The van der Waals surface area contributed by atoms with Crippen molar-refractivity contribution in [2.24, 2.45) is 0 Å². The van der Waals surface area contributed by atoms with Crippen molar-refractivity contribution in [3.8, 4) is 0 Å². The first-order valence-corrected chi connectivity index (χ1v) is 9.03. The van der Waals surface area contributed by atoms with E-state index < -0.39 is 0 Å². The van der Waals surface area contributed by atoms with Gasteiger partial charge < -0.3 is 5.32 Å². The quantitative estimate of drug-likeness (QED) is 0.827. The molecule has 0 saturated heterocycles. The highest BCUT2D eigenvalue weighted by molar-refractivity contribution is 7.99. The Bertz CT molecular complexity index is 698. The number of amides is 1. The molecule has 2 N–H and O–H groups in total. The van der Waals surface area contributed by atoms with Crippen LogP contribution >= 0.6 is 11.8 Å². The van der Waals surface area contributed by atoms with Crippen LogP contribution in [0.1, 0.15) is 48.3 Å². The van der Waals surface area contributed by atoms with Gasteiger partial charge in [-0.05, 0) is 56.2 Å². The minimum Gasteiger partial charge on any atom is -0.349 e. The average Bonchev–Trinajstić information content (AvgIpc) is 2.98. The van der Waals surface area contributed by atoms with E-state index in [1.165, 1.54) is 47.7 Å². The molecule has 0 saturated carbocycles. The van der Waals surface area contributed by atoms with Gasteiger partial charge in [-0.25, -0.2) is 4.98 Å². The third-order valence-corrected chi connectivity index (χ3v) is 5.01. The first-order valence-electron chi connectivity index (χ1n) is 8.04. The average molecular weight is 330 g/mol. The normalized spacial score (nSPS) is 15.0. The number of carbonyl (C=O) groups is 1. The first-order chi connectivity index (χ1) is 11.1. The molecule has 1 unspecified atom stereocenters. The van der Waals surface area contributed by atoms with Crippen LogP contribution in [-0.4, -0.2) is 26.8 Å². The van der Waals surface area contributed by atoms with Crippen molar-refractivity contribution in [2.75, 3.05) is 5.75 Å². The van der Waals surface area contributed by atoms with Crippen LogP contribution in [0.4, 0.5) is 0 Å². The molecule has 0 radical (unpaired) electrons. The van der Waals surface area contributed by atoms with Gasteiger partial charge in [0.05, 0.1) is 11.8 Å². The van der Waals surface area contributed by atoms with Gasteiger partial charge in [-0.2, -0.15) is 0 Å². The van der Waals surface area contributed by atoms with Crippen molar-refractivity contribution in [3.05, 3.63) is 40.7 Å². The number of aryl methyl sites for hydroxylation is 3. The maximum Gasteiger partial charge on any atom is 0.230 e. The zero-order valence-corrected chi connectivity index (χ0v) is 14.4. The van der Waals surface area contributed by atoms with Gasteiger partial charge >= 0.3 is 0 Å². The highest BCUT2D eigenvalue weighted by Crippen LogP contribution is 2.24. The van der Waals surface area contributed by atoms with Crippen molar-refractivity contribution in [3.63, 3.8) is 0 Å². The fraction of sp³-hybridized carbons (Fsp3) is 0.471. The minimum absolute atomic E-state index is 0.00248. The van der Waals surface area contributed by atoms with Gasteiger partial charge in [0.2, 0.25) is 11.1 Å². The number of aromatic amines is 1. The van der Waals surface area contributed by atoms with E-state index in [1.807, 2.05) is 13.8 Å². The van der Waals surface area contributed by atoms with E-state index in [1.54, 1.807) is 0 Å². The second-order valence-corrected chi connectivity index (χ2v) is 6.96. The molecule has 0 bridgehead atoms. The van der Waals surface area contributed by atoms with Crippen LogP contribution < -0.4 is 5.32 Å². The fourth-order valence-corrected chi connectivity index (χ4v) is 3.56. The maximum atomic E-state index is 12.1. The van der Waals surface area contributed by atoms with Gasteiger partial charge in [-0.15, -0.1) is 5.10 Å². The molecule has 23 heavy (non-hydrogen) atoms. The Balaban J connectivity index is 1.55. The molecule has 1 aliphatic carbocycles. The molecule has 1 heterocycles. The van der Waals surface area contributed by atoms with Crippen molar-refractivity contribution in [1.82, 2.24) is 20.5 Å². The van der Waals surface area contributed by atoms with Gasteiger partial charge in [0.1, 0.15) is 5.82 Å². The number of hydrogen-bond donors (Lipinski definition) is 2. The molecule has 0 fully saturated rings. The third-order valence-electron chi connectivity index (χ3n) is 4.16. The third kappa shape index (κ3) is 4.13. The Morgan fingerprint density at radius 3 is 2.87 bits per heavy atom. The number of hydrogen-bond acceptors (Lipinski definition) is 4. The molecule has 1 amide bonds. The van der Waals surface area contributed by atoms with Crippen molar-refractivity contribution >= 4 is 17.7 Å². The lowest BCUT2D eigenvalue weighted by Crippen LogP contribution is -2.28. The van der Waals surface area contributed by atoms with Crippen LogP contribution in [0.5, 0.6) is 0 Å². The Kier molecular flexibility index (Phi) is 5.00. The molecule has 5 nitrogen and oxygen atoms in total. The van der Waals surface area contributed by atoms with E-state index in [9.17, 15) is 4.79 Å². The lowest BCUT2D eigenvalue weighted by atomic mass is 9.89. The van der Waals surface area contributed by atoms with E-state index in [0.29, 0.717) is 10.9 Å². The summed E-state index contributed by atoms with van der Waals surface area (Å²) in [5, 5.41) is 10.5. The standard InChI is InChI=1S/C17H22N4OS/c1-11(14-8-7-13-5-3-4-6-15(13)9-14)18-16(22)10-23-17-19-12(2)20-21-17/h7-9,11H,3-6,10H2,1-2H3,(H,18,22)(H,19,20,21). The molecule has 122 valence electrons. The number of H-pyrrole nitrogens is 1. The van der Waals surface area contributed by atoms with Crippen LogP contribution in [-0.2, 0) is 17.6 Å². The Labute approximate surface area is 140 Å². The van der Waals surface area contributed by atoms with E-state index in [2.05, 4.69) is 38.7 Å². The highest BCUT2D eigenvalue weighted by Gasteiger charge is 2.14. The number of nitrogens with one attached hydrogen (secondary N) is 2. The van der Waals surface area contributed by atoms with Gasteiger partial charge in [-0.3, -0.25) is 9.89 Å². The van der Waals surface area contributed by atoms with Gasteiger partial charge in [0.25, 0.3) is 0 Å². The van der Waals surface area contributed by atoms with E-state index >= 15 is 0 Å². The number of carbonyl (C=O) groups excluding carboxylic acids is 1. The Morgan fingerprint density at radius 1 is 1.35 bits per heavy atom. The predicted octanol–water partition coefficient (Wildman–Crippen LogP) is 2.96. The van der Waals surface area contributed by atoms with Crippen molar-refractivity contribution in [2.45, 2.75) is 50.7 Å². The molecular weight excluding hydrogens is 308 g/mol. The summed E-state index contributed by atoms with van der Waals surface area (Å²) in [6.45, 7) is 3.87. The van der Waals surface area contributed by atoms with Gasteiger partial charge in [0, 0.05) is 0 Å². The molecular formula is C17H22N4OS. The predicted molar refractivity (Wildman–Crippen MR) is 91.5 cm³/mol. The van der Waals surface area contributed by atoms with E-state index in [-0.39, 0.29) is 11.9 Å². The lowest BCUT2D eigenvalue weighted by molar-refractivity contribution is -0.119. The van der Waals surface area contributed by atoms with Gasteiger partial charge in [0.15, 0.2) is 0 Å². The summed E-state index contributed by atoms with van der Waals surface area (Å²) in [5.74, 6) is 1.09. The van der Waals surface area contributed by atoms with Crippen LogP contribution in [0.15, 0.2) is 23.4 Å². The second-order valence-electron chi connectivity index (χ2n) is 6.02. The summed E-state index contributed by atoms with van der Waals surface area (Å²) in [6.07, 6.45) is 4.90. The maximum absolute atomic E-state index is 12.1. The van der Waals surface area contributed by atoms with Crippen LogP contribution in [0.25, 0.3) is 0 Å². The number of rotatable bonds is 5. The summed E-state index contributed by atoms with van der Waals surface area (Å²) in [7, 11) is 0. The number of fused-ring (bicyclic) bond motifs is 1. The minimum atomic E-state index is 0.00248.